The van der Waals surface area contributed by atoms with Crippen LogP contribution in [0.15, 0.2) is 24.3 Å². The van der Waals surface area contributed by atoms with Crippen LogP contribution in [-0.4, -0.2) is 37.4 Å². The van der Waals surface area contributed by atoms with Crippen molar-refractivity contribution < 1.29 is 14.6 Å². The van der Waals surface area contributed by atoms with Crippen molar-refractivity contribution in [3.8, 4) is 6.07 Å². The number of carbonyl (C=O) groups is 1. The van der Waals surface area contributed by atoms with Crippen molar-refractivity contribution in [1.82, 2.24) is 0 Å². The topological polar surface area (TPSA) is 99.6 Å². The van der Waals surface area contributed by atoms with Crippen LogP contribution in [0.1, 0.15) is 32.4 Å². The Labute approximate surface area is 166 Å². The molecule has 0 aliphatic carbocycles. The number of nitrogens with zero attached hydrogens (tertiary/aromatic N) is 2. The fourth-order valence-electron chi connectivity index (χ4n) is 2.82. The molecule has 0 amide bonds. The average molecular weight is 414 g/mol. The molecule has 0 bridgehead atoms. The summed E-state index contributed by atoms with van der Waals surface area (Å²) in [4.78, 5) is 13.8. The molecular weight excluding hydrogens is 397 g/mol. The molecule has 3 rings (SSSR count). The van der Waals surface area contributed by atoms with Gasteiger partial charge in [-0.1, -0.05) is 23.7 Å². The summed E-state index contributed by atoms with van der Waals surface area (Å²) in [6.07, 6.45) is 0. The lowest BCUT2D eigenvalue weighted by Crippen LogP contribution is -2.36. The molecule has 0 saturated carbocycles. The monoisotopic (exact) mass is 413 g/mol. The maximum atomic E-state index is 11.8. The average Bonchev–Trinajstić information content (AvgIpc) is 3.02. The normalized spacial score (nSPS) is 15.0. The number of carboxylic acids is 1. The number of carboxylic acid groups (broad SMARTS) is 1. The van der Waals surface area contributed by atoms with Gasteiger partial charge in [-0.15, -0.1) is 23.7 Å². The Morgan fingerprint density at radius 2 is 1.96 bits per heavy atom. The number of thiophene rings is 1. The zero-order valence-electron chi connectivity index (χ0n) is 13.6. The second-order valence-electron chi connectivity index (χ2n) is 5.57. The minimum Gasteiger partial charge on any atom is -0.477 e. The van der Waals surface area contributed by atoms with Gasteiger partial charge >= 0.3 is 5.97 Å². The van der Waals surface area contributed by atoms with E-state index in [1.807, 2.05) is 4.90 Å². The van der Waals surface area contributed by atoms with Gasteiger partial charge in [0, 0.05) is 23.7 Å². The second kappa shape index (κ2) is 8.71. The van der Waals surface area contributed by atoms with Crippen molar-refractivity contribution in [2.24, 2.45) is 5.73 Å². The molecule has 3 N–H and O–H groups in total. The van der Waals surface area contributed by atoms with Crippen molar-refractivity contribution in [2.45, 2.75) is 6.04 Å². The van der Waals surface area contributed by atoms with Crippen molar-refractivity contribution in [1.29, 1.82) is 5.26 Å². The summed E-state index contributed by atoms with van der Waals surface area (Å²) in [5, 5.41) is 20.5. The van der Waals surface area contributed by atoms with Gasteiger partial charge in [0.2, 0.25) is 0 Å². The third-order valence-electron chi connectivity index (χ3n) is 4.07. The predicted molar refractivity (Wildman–Crippen MR) is 104 cm³/mol. The molecule has 1 aromatic carbocycles. The van der Waals surface area contributed by atoms with Gasteiger partial charge in [0.1, 0.15) is 15.9 Å². The minimum atomic E-state index is -1.08. The van der Waals surface area contributed by atoms with Crippen molar-refractivity contribution >= 4 is 46.3 Å². The van der Waals surface area contributed by atoms with Gasteiger partial charge in [-0.05, 0) is 17.7 Å². The summed E-state index contributed by atoms with van der Waals surface area (Å²) in [7, 11) is 0. The van der Waals surface area contributed by atoms with E-state index in [0.717, 1.165) is 11.3 Å². The highest BCUT2D eigenvalue weighted by molar-refractivity contribution is 7.18. The maximum absolute atomic E-state index is 11.8. The van der Waals surface area contributed by atoms with E-state index in [1.54, 1.807) is 24.3 Å². The Hall–Kier alpha value is -1.82. The number of halogens is 2. The van der Waals surface area contributed by atoms with Crippen molar-refractivity contribution in [3.63, 3.8) is 0 Å². The molecule has 2 heterocycles. The first-order chi connectivity index (χ1) is 12.0. The number of benzene rings is 1. The molecule has 1 aliphatic rings. The number of hydrogen-bond donors (Lipinski definition) is 2. The van der Waals surface area contributed by atoms with Crippen LogP contribution in [0.4, 0.5) is 5.00 Å². The van der Waals surface area contributed by atoms with Crippen LogP contribution in [0.2, 0.25) is 5.02 Å². The largest absolute Gasteiger partial charge is 0.477 e. The first-order valence-electron chi connectivity index (χ1n) is 7.66. The van der Waals surface area contributed by atoms with Crippen LogP contribution >= 0.6 is 35.3 Å². The fraction of sp³-hybridized carbons (Fsp3) is 0.294. The Kier molecular flexibility index (Phi) is 6.87. The molecule has 2 aromatic rings. The van der Waals surface area contributed by atoms with Crippen molar-refractivity contribution in [2.75, 3.05) is 31.2 Å². The van der Waals surface area contributed by atoms with Gasteiger partial charge in [0.05, 0.1) is 24.8 Å². The molecule has 1 aliphatic heterocycles. The van der Waals surface area contributed by atoms with Gasteiger partial charge in [0.15, 0.2) is 0 Å². The van der Waals surface area contributed by atoms with Crippen LogP contribution in [0, 0.1) is 11.3 Å². The van der Waals surface area contributed by atoms with E-state index < -0.39 is 12.0 Å². The summed E-state index contributed by atoms with van der Waals surface area (Å²) in [5.74, 6) is -1.08. The van der Waals surface area contributed by atoms with Crippen LogP contribution in [0.3, 0.4) is 0 Å². The van der Waals surface area contributed by atoms with Crippen LogP contribution in [0.5, 0.6) is 0 Å². The highest BCUT2D eigenvalue weighted by Crippen LogP contribution is 2.40. The molecule has 1 atom stereocenters. The van der Waals surface area contributed by atoms with E-state index in [0.29, 0.717) is 53.0 Å². The molecule has 0 spiro atoms. The third-order valence-corrected chi connectivity index (χ3v) is 5.58. The molecule has 1 fully saturated rings. The summed E-state index contributed by atoms with van der Waals surface area (Å²) < 4.78 is 5.33. The zero-order chi connectivity index (χ0) is 18.0. The third kappa shape index (κ3) is 3.95. The Morgan fingerprint density at radius 1 is 1.35 bits per heavy atom. The highest BCUT2D eigenvalue weighted by atomic mass is 35.5. The summed E-state index contributed by atoms with van der Waals surface area (Å²) in [5.41, 5.74) is 7.71. The molecular formula is C17H17Cl2N3O3S. The minimum absolute atomic E-state index is 0. The lowest BCUT2D eigenvalue weighted by molar-refractivity contribution is 0.0700. The van der Waals surface area contributed by atoms with Crippen LogP contribution in [-0.2, 0) is 4.74 Å². The number of nitrogens with two attached hydrogens (primary N) is 1. The van der Waals surface area contributed by atoms with Gasteiger partial charge in [-0.2, -0.15) is 5.26 Å². The predicted octanol–water partition coefficient (Wildman–Crippen LogP) is 3.28. The Balaban J connectivity index is 0.00000243. The van der Waals surface area contributed by atoms with E-state index in [-0.39, 0.29) is 17.3 Å². The summed E-state index contributed by atoms with van der Waals surface area (Å²) in [6, 6.07) is 8.31. The first-order valence-corrected chi connectivity index (χ1v) is 8.86. The van der Waals surface area contributed by atoms with E-state index in [2.05, 4.69) is 6.07 Å². The Bertz CT molecular complexity index is 827. The molecule has 0 radical (unpaired) electrons. The summed E-state index contributed by atoms with van der Waals surface area (Å²) in [6.45, 7) is 2.32. The molecule has 1 aromatic heterocycles. The zero-order valence-corrected chi connectivity index (χ0v) is 16.0. The smallest absolute Gasteiger partial charge is 0.346 e. The maximum Gasteiger partial charge on any atom is 0.346 e. The molecule has 1 unspecified atom stereocenters. The second-order valence-corrected chi connectivity index (χ2v) is 7.01. The molecule has 26 heavy (non-hydrogen) atoms. The van der Waals surface area contributed by atoms with E-state index in [4.69, 9.17) is 22.1 Å². The number of rotatable bonds is 4. The molecule has 6 nitrogen and oxygen atoms in total. The standard InChI is InChI=1S/C17H16ClN3O3S.ClH/c18-11-3-1-10(2-4-11)14(20)13-12(9-19)16(25-15(13)17(22)23)21-5-7-24-8-6-21;/h1-4,14H,5-8,20H2,(H,22,23);1H. The van der Waals surface area contributed by atoms with Gasteiger partial charge in [0.25, 0.3) is 0 Å². The highest BCUT2D eigenvalue weighted by Gasteiger charge is 2.30. The van der Waals surface area contributed by atoms with Crippen LogP contribution in [0.25, 0.3) is 0 Å². The number of aromatic carboxylic acids is 1. The van der Waals surface area contributed by atoms with Gasteiger partial charge < -0.3 is 20.5 Å². The number of morpholine rings is 1. The number of nitriles is 1. The van der Waals surface area contributed by atoms with E-state index >= 15 is 0 Å². The fourth-order valence-corrected chi connectivity index (χ4v) is 4.14. The quantitative estimate of drug-likeness (QED) is 0.797. The lowest BCUT2D eigenvalue weighted by Gasteiger charge is -2.27. The SMILES string of the molecule is Cl.N#Cc1c(N2CCOCC2)sc(C(=O)O)c1C(N)c1ccc(Cl)cc1. The first kappa shape index (κ1) is 20.5. The van der Waals surface area contributed by atoms with Gasteiger partial charge in [-0.25, -0.2) is 4.79 Å². The molecule has 138 valence electrons. The number of ether oxygens (including phenoxy) is 1. The lowest BCUT2D eigenvalue weighted by atomic mass is 9.96. The number of hydrogen-bond acceptors (Lipinski definition) is 6. The van der Waals surface area contributed by atoms with E-state index in [1.165, 1.54) is 0 Å². The van der Waals surface area contributed by atoms with Gasteiger partial charge in [-0.3, -0.25) is 0 Å². The van der Waals surface area contributed by atoms with Crippen LogP contribution < -0.4 is 10.6 Å². The van der Waals surface area contributed by atoms with E-state index in [9.17, 15) is 15.2 Å². The number of anilines is 1. The van der Waals surface area contributed by atoms with Crippen molar-refractivity contribution in [3.05, 3.63) is 50.9 Å². The Morgan fingerprint density at radius 3 is 2.50 bits per heavy atom. The summed E-state index contributed by atoms with van der Waals surface area (Å²) >= 11 is 7.00. The molecule has 1 saturated heterocycles. The molecule has 9 heteroatoms.